The molecule has 2 heterocycles. The Balaban J connectivity index is 2.03. The van der Waals surface area contributed by atoms with Crippen LogP contribution in [-0.2, 0) is 4.79 Å². The van der Waals surface area contributed by atoms with Gasteiger partial charge < -0.3 is 15.0 Å². The van der Waals surface area contributed by atoms with E-state index in [0.29, 0.717) is 35.5 Å². The highest BCUT2D eigenvalue weighted by Crippen LogP contribution is 2.37. The quantitative estimate of drug-likeness (QED) is 0.854. The van der Waals surface area contributed by atoms with Crippen LogP contribution in [0.5, 0.6) is 5.75 Å². The van der Waals surface area contributed by atoms with Gasteiger partial charge in [-0.15, -0.1) is 0 Å². The number of nitrogens with one attached hydrogen (secondary N) is 1. The van der Waals surface area contributed by atoms with Crippen molar-refractivity contribution >= 4 is 11.5 Å². The summed E-state index contributed by atoms with van der Waals surface area (Å²) in [5.41, 5.74) is 1.33. The SMILES string of the molecule is CC1(C)C=C(C(=O)N2CCNCC2)c2cc(C#N)ccc2O1. The van der Waals surface area contributed by atoms with E-state index in [1.54, 1.807) is 18.2 Å². The molecule has 1 fully saturated rings. The number of fused-ring (bicyclic) bond motifs is 1. The molecule has 0 spiro atoms. The van der Waals surface area contributed by atoms with Crippen molar-refractivity contribution in [3.05, 3.63) is 35.4 Å². The first kappa shape index (κ1) is 14.6. The normalized spacial score (nSPS) is 19.5. The highest BCUT2D eigenvalue weighted by Gasteiger charge is 2.32. The molecule has 114 valence electrons. The fraction of sp³-hybridized carbons (Fsp3) is 0.412. The second-order valence-corrected chi connectivity index (χ2v) is 6.13. The van der Waals surface area contributed by atoms with Crippen LogP contribution in [0.2, 0.25) is 0 Å². The molecule has 1 aromatic carbocycles. The van der Waals surface area contributed by atoms with Crippen molar-refractivity contribution in [2.45, 2.75) is 19.4 Å². The van der Waals surface area contributed by atoms with E-state index in [9.17, 15) is 4.79 Å². The number of benzene rings is 1. The van der Waals surface area contributed by atoms with Crippen molar-refractivity contribution in [2.75, 3.05) is 26.2 Å². The van der Waals surface area contributed by atoms with Crippen molar-refractivity contribution in [1.82, 2.24) is 10.2 Å². The lowest BCUT2D eigenvalue weighted by atomic mass is 9.92. The summed E-state index contributed by atoms with van der Waals surface area (Å²) in [6.07, 6.45) is 1.86. The Hall–Kier alpha value is -2.32. The Labute approximate surface area is 130 Å². The maximum absolute atomic E-state index is 12.9. The largest absolute Gasteiger partial charge is 0.483 e. The van der Waals surface area contributed by atoms with Gasteiger partial charge in [0.05, 0.1) is 17.2 Å². The van der Waals surface area contributed by atoms with Crippen molar-refractivity contribution in [2.24, 2.45) is 0 Å². The van der Waals surface area contributed by atoms with Gasteiger partial charge in [0.1, 0.15) is 11.4 Å². The summed E-state index contributed by atoms with van der Waals surface area (Å²) in [7, 11) is 0. The van der Waals surface area contributed by atoms with E-state index in [-0.39, 0.29) is 5.91 Å². The summed E-state index contributed by atoms with van der Waals surface area (Å²) < 4.78 is 5.92. The topological polar surface area (TPSA) is 65.4 Å². The monoisotopic (exact) mass is 297 g/mol. The standard InChI is InChI=1S/C17H19N3O2/c1-17(2)10-14(16(21)20-7-5-19-6-8-20)13-9-12(11-18)3-4-15(13)22-17/h3-4,9-10,19H,5-8H2,1-2H3. The van der Waals surface area contributed by atoms with Crippen LogP contribution in [0.3, 0.4) is 0 Å². The molecular formula is C17H19N3O2. The fourth-order valence-corrected chi connectivity index (χ4v) is 2.85. The second-order valence-electron chi connectivity index (χ2n) is 6.13. The number of carbonyl (C=O) groups excluding carboxylic acids is 1. The van der Waals surface area contributed by atoms with E-state index in [0.717, 1.165) is 13.1 Å². The molecule has 0 saturated carbocycles. The average molecular weight is 297 g/mol. The summed E-state index contributed by atoms with van der Waals surface area (Å²) in [5, 5.41) is 12.3. The van der Waals surface area contributed by atoms with Crippen molar-refractivity contribution in [1.29, 1.82) is 5.26 Å². The lowest BCUT2D eigenvalue weighted by molar-refractivity contribution is -0.125. The van der Waals surface area contributed by atoms with Crippen LogP contribution in [0.25, 0.3) is 5.57 Å². The highest BCUT2D eigenvalue weighted by atomic mass is 16.5. The van der Waals surface area contributed by atoms with Crippen LogP contribution in [0.1, 0.15) is 25.0 Å². The van der Waals surface area contributed by atoms with Crippen molar-refractivity contribution < 1.29 is 9.53 Å². The molecule has 2 aliphatic rings. The third-order valence-electron chi connectivity index (χ3n) is 3.90. The first-order valence-corrected chi connectivity index (χ1v) is 7.46. The van der Waals surface area contributed by atoms with Gasteiger partial charge in [-0.1, -0.05) is 0 Å². The number of amides is 1. The van der Waals surface area contributed by atoms with Crippen molar-refractivity contribution in [3.8, 4) is 11.8 Å². The predicted molar refractivity (Wildman–Crippen MR) is 83.3 cm³/mol. The maximum Gasteiger partial charge on any atom is 0.254 e. The number of nitrogens with zero attached hydrogens (tertiary/aromatic N) is 2. The van der Waals surface area contributed by atoms with Gasteiger partial charge in [-0.25, -0.2) is 0 Å². The number of rotatable bonds is 1. The van der Waals surface area contributed by atoms with E-state index in [4.69, 9.17) is 10.00 Å². The van der Waals surface area contributed by atoms with Gasteiger partial charge >= 0.3 is 0 Å². The van der Waals surface area contributed by atoms with E-state index in [1.807, 2.05) is 24.8 Å². The molecular weight excluding hydrogens is 278 g/mol. The van der Waals surface area contributed by atoms with Gasteiger partial charge in [0, 0.05) is 31.7 Å². The van der Waals surface area contributed by atoms with Gasteiger partial charge in [-0.05, 0) is 38.1 Å². The summed E-state index contributed by atoms with van der Waals surface area (Å²) in [6.45, 7) is 6.88. The van der Waals surface area contributed by atoms with E-state index in [2.05, 4.69) is 11.4 Å². The highest BCUT2D eigenvalue weighted by molar-refractivity contribution is 6.20. The van der Waals surface area contributed by atoms with Crippen LogP contribution in [0.4, 0.5) is 0 Å². The first-order valence-electron chi connectivity index (χ1n) is 7.46. The van der Waals surface area contributed by atoms with Gasteiger partial charge in [-0.2, -0.15) is 5.26 Å². The molecule has 5 heteroatoms. The molecule has 22 heavy (non-hydrogen) atoms. The third kappa shape index (κ3) is 2.70. The lowest BCUT2D eigenvalue weighted by Crippen LogP contribution is -2.47. The van der Waals surface area contributed by atoms with Crippen LogP contribution >= 0.6 is 0 Å². The molecule has 0 aromatic heterocycles. The number of ether oxygens (including phenoxy) is 1. The zero-order valence-corrected chi connectivity index (χ0v) is 12.8. The number of carbonyl (C=O) groups is 1. The van der Waals surface area contributed by atoms with Gasteiger partial charge in [0.15, 0.2) is 0 Å². The number of hydrogen-bond acceptors (Lipinski definition) is 4. The third-order valence-corrected chi connectivity index (χ3v) is 3.90. The lowest BCUT2D eigenvalue weighted by Gasteiger charge is -2.34. The van der Waals surface area contributed by atoms with Gasteiger partial charge in [-0.3, -0.25) is 4.79 Å². The molecule has 3 rings (SSSR count). The minimum absolute atomic E-state index is 0.00853. The maximum atomic E-state index is 12.9. The molecule has 0 atom stereocenters. The van der Waals surface area contributed by atoms with Crippen LogP contribution in [0.15, 0.2) is 24.3 Å². The fourth-order valence-electron chi connectivity index (χ4n) is 2.85. The Kier molecular flexibility index (Phi) is 3.63. The number of hydrogen-bond donors (Lipinski definition) is 1. The average Bonchev–Trinajstić information content (AvgIpc) is 2.53. The minimum atomic E-state index is -0.541. The van der Waals surface area contributed by atoms with Crippen molar-refractivity contribution in [3.63, 3.8) is 0 Å². The second kappa shape index (κ2) is 5.47. The molecule has 0 bridgehead atoms. The predicted octanol–water partition coefficient (Wildman–Crippen LogP) is 1.54. The molecule has 1 N–H and O–H groups in total. The Bertz CT molecular complexity index is 680. The zero-order valence-electron chi connectivity index (χ0n) is 12.8. The van der Waals surface area contributed by atoms with Crippen LogP contribution in [-0.4, -0.2) is 42.6 Å². The summed E-state index contributed by atoms with van der Waals surface area (Å²) >= 11 is 0. The van der Waals surface area contributed by atoms with Crippen LogP contribution < -0.4 is 10.1 Å². The summed E-state index contributed by atoms with van der Waals surface area (Å²) in [5.74, 6) is 0.666. The Morgan fingerprint density at radius 1 is 1.36 bits per heavy atom. The molecule has 0 unspecified atom stereocenters. The molecule has 1 amide bonds. The Morgan fingerprint density at radius 3 is 2.77 bits per heavy atom. The first-order chi connectivity index (χ1) is 10.5. The van der Waals surface area contributed by atoms with Gasteiger partial charge in [0.25, 0.3) is 5.91 Å². The summed E-state index contributed by atoms with van der Waals surface area (Å²) in [6, 6.07) is 7.34. The molecule has 1 aromatic rings. The molecule has 0 radical (unpaired) electrons. The zero-order chi connectivity index (χ0) is 15.7. The van der Waals surface area contributed by atoms with Crippen LogP contribution in [0, 0.1) is 11.3 Å². The van der Waals surface area contributed by atoms with E-state index < -0.39 is 5.60 Å². The molecule has 1 saturated heterocycles. The number of nitriles is 1. The molecule has 0 aliphatic carbocycles. The smallest absolute Gasteiger partial charge is 0.254 e. The van der Waals surface area contributed by atoms with E-state index in [1.165, 1.54) is 0 Å². The molecule has 2 aliphatic heterocycles. The molecule has 5 nitrogen and oxygen atoms in total. The minimum Gasteiger partial charge on any atom is -0.483 e. The summed E-state index contributed by atoms with van der Waals surface area (Å²) in [4.78, 5) is 14.7. The van der Waals surface area contributed by atoms with E-state index >= 15 is 0 Å². The Morgan fingerprint density at radius 2 is 2.09 bits per heavy atom. The van der Waals surface area contributed by atoms with Gasteiger partial charge in [0.2, 0.25) is 0 Å². The number of piperazine rings is 1.